The number of aromatic nitrogens is 8. The third-order valence-electron chi connectivity index (χ3n) is 11.9. The van der Waals surface area contributed by atoms with Crippen LogP contribution in [0.4, 0.5) is 39.9 Å². The largest absolute Gasteiger partial charge is 0.443 e. The lowest BCUT2D eigenvalue weighted by Gasteiger charge is -2.27. The molecule has 0 unspecified atom stereocenters. The van der Waals surface area contributed by atoms with Gasteiger partial charge >= 0.3 is 24.4 Å². The SMILES string of the molecule is CC(C)(C)OC(=O)N(C(=O)OC(C)(C)C)c1nc(Cl)c2[nH]cnc2n1.[C-]#[N+][C@]1(CC)/C(=C\F)[C@@H](n2cnc3c(Cl)nc(N(C(=O)OC(C)(C)C)C(=O)OC(C)(C)C)nc32)C[C@@H]1C.[C-]#[N+][C@]1(CC)/C(=C\F)[C@H](O)C[C@@H]1C. The molecule has 21 nitrogen and oxygen atoms in total. The Morgan fingerprint density at radius 3 is 1.53 bits per heavy atom. The first-order valence-corrected chi connectivity index (χ1v) is 24.7. The molecular formula is C50H66Cl2F2N12O9. The number of imidazole rings is 2. The van der Waals surface area contributed by atoms with Gasteiger partial charge in [0.05, 0.1) is 48.6 Å². The van der Waals surface area contributed by atoms with E-state index in [1.807, 2.05) is 27.7 Å². The summed E-state index contributed by atoms with van der Waals surface area (Å²) in [7, 11) is 0. The maximum Gasteiger partial charge on any atom is 0.427 e. The van der Waals surface area contributed by atoms with Crippen LogP contribution < -0.4 is 9.80 Å². The quantitative estimate of drug-likeness (QED) is 0.107. The number of amides is 4. The van der Waals surface area contributed by atoms with Gasteiger partial charge < -0.3 is 43.3 Å². The molecule has 4 heterocycles. The highest BCUT2D eigenvalue weighted by Gasteiger charge is 2.56. The molecule has 6 atom stereocenters. The minimum Gasteiger partial charge on any atom is -0.443 e. The van der Waals surface area contributed by atoms with E-state index in [0.717, 1.165) is 0 Å². The van der Waals surface area contributed by atoms with E-state index in [1.165, 1.54) is 12.7 Å². The van der Waals surface area contributed by atoms with Gasteiger partial charge in [0.1, 0.15) is 33.4 Å². The van der Waals surface area contributed by atoms with Gasteiger partial charge in [-0.15, -0.1) is 9.80 Å². The fourth-order valence-electron chi connectivity index (χ4n) is 8.46. The predicted octanol–water partition coefficient (Wildman–Crippen LogP) is 12.7. The molecule has 2 saturated carbocycles. The summed E-state index contributed by atoms with van der Waals surface area (Å²) in [6.45, 7) is 42.3. The van der Waals surface area contributed by atoms with Crippen LogP contribution in [0.2, 0.25) is 10.3 Å². The number of imide groups is 2. The van der Waals surface area contributed by atoms with Gasteiger partial charge in [-0.2, -0.15) is 19.9 Å². The Morgan fingerprint density at radius 1 is 0.720 bits per heavy atom. The standard InChI is InChI=1S/C25H32ClFN6O4.C15H20ClN5O4.C10H14FNO/c1-10-25(28-9)14(2)11-16(15(25)12-27)32-13-29-17-18(26)30-20(31-19(17)32)33(21(34)36-23(3,4)5)22(35)37-24(6,7)8;1-14(2,3)24-12(22)21(13(23)25-15(4,5)6)11-19-9(16)8-10(20-11)18-7-17-8;1-4-10(12-3)7(2)5-9(13)8(10)6-11/h12-14,16H,10-11H2,1-8H3;7H,1-6H3,(H,17,18,19,20);6-7,9,13H,4-5H2,1-2H3/b15-12-;;8-6-/t14-,16-,25-;;7-,9+,10-/m0.0/s1. The summed E-state index contributed by atoms with van der Waals surface area (Å²) in [6, 6.07) is -0.575. The maximum absolute atomic E-state index is 14.3. The van der Waals surface area contributed by atoms with E-state index in [9.17, 15) is 33.1 Å². The molecule has 4 aromatic heterocycles. The fraction of sp³-hybridized carbons (Fsp3) is 0.600. The number of aromatic amines is 1. The molecule has 2 N–H and O–H groups in total. The first-order valence-electron chi connectivity index (χ1n) is 23.9. The van der Waals surface area contributed by atoms with Crippen molar-refractivity contribution in [1.82, 2.24) is 39.5 Å². The topological polar surface area (TPSA) is 239 Å². The summed E-state index contributed by atoms with van der Waals surface area (Å²) in [6.07, 6.45) is 0.816. The van der Waals surface area contributed by atoms with Gasteiger partial charge in [0.25, 0.3) is 11.1 Å². The van der Waals surface area contributed by atoms with E-state index >= 15 is 0 Å². The van der Waals surface area contributed by atoms with Crippen molar-refractivity contribution in [1.29, 1.82) is 0 Å². The molecule has 0 aliphatic heterocycles. The van der Waals surface area contributed by atoms with Crippen molar-refractivity contribution in [2.24, 2.45) is 11.8 Å². The van der Waals surface area contributed by atoms with E-state index in [4.69, 9.17) is 55.3 Å². The Bertz CT molecular complexity index is 2870. The highest BCUT2D eigenvalue weighted by molar-refractivity contribution is 6.34. The number of nitrogens with one attached hydrogen (secondary N) is 1. The lowest BCUT2D eigenvalue weighted by Crippen LogP contribution is -2.44. The monoisotopic (exact) mass is 1090 g/mol. The number of fused-ring (bicyclic) bond motifs is 2. The number of H-pyrrole nitrogens is 1. The third-order valence-corrected chi connectivity index (χ3v) is 12.4. The van der Waals surface area contributed by atoms with Crippen LogP contribution in [0.5, 0.6) is 0 Å². The molecule has 0 aromatic carbocycles. The van der Waals surface area contributed by atoms with Gasteiger partial charge in [-0.1, -0.05) is 50.9 Å². The van der Waals surface area contributed by atoms with Crippen LogP contribution in [0, 0.1) is 25.0 Å². The Kier molecular flexibility index (Phi) is 18.8. The molecule has 2 aliphatic carbocycles. The lowest BCUT2D eigenvalue weighted by molar-refractivity contribution is 0.0405. The third kappa shape index (κ3) is 13.8. The zero-order valence-electron chi connectivity index (χ0n) is 45.1. The Hall–Kier alpha value is -6.56. The molecule has 408 valence electrons. The second-order valence-electron chi connectivity index (χ2n) is 21.9. The van der Waals surface area contributed by atoms with Crippen LogP contribution in [0.25, 0.3) is 32.0 Å². The Labute approximate surface area is 445 Å². The van der Waals surface area contributed by atoms with Gasteiger partial charge in [-0.3, -0.25) is 0 Å². The van der Waals surface area contributed by atoms with E-state index in [0.29, 0.717) is 59.2 Å². The molecule has 4 aromatic rings. The van der Waals surface area contributed by atoms with Crippen LogP contribution in [0.15, 0.2) is 36.5 Å². The highest BCUT2D eigenvalue weighted by atomic mass is 35.5. The molecule has 0 radical (unpaired) electrons. The number of hydrogen-bond donors (Lipinski definition) is 2. The molecule has 0 bridgehead atoms. The van der Waals surface area contributed by atoms with Crippen molar-refractivity contribution in [3.8, 4) is 0 Å². The number of ether oxygens (including phenoxy) is 4. The summed E-state index contributed by atoms with van der Waals surface area (Å²) in [5, 5.41) is 9.39. The lowest BCUT2D eigenvalue weighted by atomic mass is 9.84. The fourth-order valence-corrected chi connectivity index (χ4v) is 8.89. The number of rotatable bonds is 5. The number of halogens is 4. The molecule has 0 saturated heterocycles. The van der Waals surface area contributed by atoms with Crippen LogP contribution in [-0.2, 0) is 18.9 Å². The summed E-state index contributed by atoms with van der Waals surface area (Å²) in [5.74, 6) is -0.775. The summed E-state index contributed by atoms with van der Waals surface area (Å²) < 4.78 is 49.7. The van der Waals surface area contributed by atoms with Gasteiger partial charge in [0.2, 0.25) is 11.9 Å². The van der Waals surface area contributed by atoms with Gasteiger partial charge in [-0.25, -0.2) is 51.1 Å². The van der Waals surface area contributed by atoms with Crippen molar-refractivity contribution in [2.75, 3.05) is 9.80 Å². The molecule has 0 spiro atoms. The smallest absolute Gasteiger partial charge is 0.427 e. The van der Waals surface area contributed by atoms with Crippen molar-refractivity contribution in [2.45, 2.75) is 182 Å². The van der Waals surface area contributed by atoms with E-state index in [-0.39, 0.29) is 56.4 Å². The molecule has 2 fully saturated rings. The number of aliphatic hydroxyl groups excluding tert-OH is 1. The summed E-state index contributed by atoms with van der Waals surface area (Å²) in [5.41, 5.74) is -3.82. The number of nitrogens with zero attached hydrogens (tertiary/aromatic N) is 11. The first kappa shape index (κ1) is 61.0. The average molecular weight is 1090 g/mol. The van der Waals surface area contributed by atoms with Crippen LogP contribution in [0.3, 0.4) is 0 Å². The van der Waals surface area contributed by atoms with Crippen molar-refractivity contribution >= 4 is 81.8 Å². The van der Waals surface area contributed by atoms with Crippen LogP contribution >= 0.6 is 23.2 Å². The van der Waals surface area contributed by atoms with E-state index < -0.39 is 70.0 Å². The zero-order chi connectivity index (χ0) is 57.0. The Morgan fingerprint density at radius 2 is 1.13 bits per heavy atom. The van der Waals surface area contributed by atoms with Crippen molar-refractivity contribution in [3.05, 3.63) is 69.6 Å². The number of aliphatic hydroxyl groups is 1. The highest BCUT2D eigenvalue weighted by Crippen LogP contribution is 2.52. The Balaban J connectivity index is 0.000000274. The van der Waals surface area contributed by atoms with Crippen molar-refractivity contribution < 1.29 is 52.0 Å². The maximum atomic E-state index is 14.3. The number of carbonyl (C=O) groups excluding carboxylic acids is 4. The average Bonchev–Trinajstić information content (AvgIpc) is 4.04. The van der Waals surface area contributed by atoms with Crippen LogP contribution in [-0.4, -0.2) is 109 Å². The molecule has 75 heavy (non-hydrogen) atoms. The van der Waals surface area contributed by atoms with E-state index in [2.05, 4.69) is 44.6 Å². The molecule has 2 aliphatic rings. The first-order chi connectivity index (χ1) is 34.6. The van der Waals surface area contributed by atoms with Gasteiger partial charge in [0.15, 0.2) is 21.6 Å². The second-order valence-corrected chi connectivity index (χ2v) is 22.6. The predicted molar refractivity (Wildman–Crippen MR) is 277 cm³/mol. The minimum absolute atomic E-state index is 0.00890. The normalized spacial score (nSPS) is 22.8. The number of anilines is 2. The molecule has 25 heteroatoms. The molecule has 6 rings (SSSR count). The van der Waals surface area contributed by atoms with Gasteiger partial charge in [0, 0.05) is 24.7 Å². The summed E-state index contributed by atoms with van der Waals surface area (Å²) in [4.78, 5) is 87.3. The number of carbonyl (C=O) groups is 4. The minimum atomic E-state index is -1.06. The second kappa shape index (κ2) is 23.1. The summed E-state index contributed by atoms with van der Waals surface area (Å²) >= 11 is 12.5. The van der Waals surface area contributed by atoms with E-state index in [1.54, 1.807) is 87.7 Å². The number of hydrogen-bond acceptors (Lipinski definition) is 15. The molecular weight excluding hydrogens is 1020 g/mol. The molecule has 4 amide bonds. The van der Waals surface area contributed by atoms with Crippen LogP contribution in [0.1, 0.15) is 143 Å². The van der Waals surface area contributed by atoms with Crippen molar-refractivity contribution in [3.63, 3.8) is 0 Å². The van der Waals surface area contributed by atoms with Gasteiger partial charge in [-0.05, 0) is 95.9 Å². The zero-order valence-corrected chi connectivity index (χ0v) is 46.6.